The number of thioether (sulfide) groups is 1. The highest BCUT2D eigenvalue weighted by molar-refractivity contribution is 7.99. The van der Waals surface area contributed by atoms with Crippen molar-refractivity contribution in [1.82, 2.24) is 9.88 Å². The average molecular weight is 454 g/mol. The van der Waals surface area contributed by atoms with Crippen molar-refractivity contribution in [2.45, 2.75) is 75.5 Å². The van der Waals surface area contributed by atoms with E-state index in [1.165, 1.54) is 0 Å². The summed E-state index contributed by atoms with van der Waals surface area (Å²) >= 11 is 1.62. The second-order valence-corrected chi connectivity index (χ2v) is 10.7. The Morgan fingerprint density at radius 3 is 2.69 bits per heavy atom. The van der Waals surface area contributed by atoms with E-state index in [1.54, 1.807) is 22.9 Å². The van der Waals surface area contributed by atoms with E-state index in [2.05, 4.69) is 23.2 Å². The van der Waals surface area contributed by atoms with Crippen LogP contribution in [-0.4, -0.2) is 40.0 Å². The molecule has 7 heteroatoms. The molecule has 1 fully saturated rings. The van der Waals surface area contributed by atoms with Gasteiger partial charge in [0.05, 0.1) is 18.2 Å². The number of carbonyl (C=O) groups is 1. The average Bonchev–Trinajstić information content (AvgIpc) is 3.01. The molecule has 3 rings (SSSR count). The number of benzene rings is 1. The first-order valence-corrected chi connectivity index (χ1v) is 11.6. The minimum absolute atomic E-state index is 0.0116. The highest BCUT2D eigenvalue weighted by Gasteiger charge is 2.46. The van der Waals surface area contributed by atoms with Gasteiger partial charge >= 0.3 is 6.09 Å². The number of rotatable bonds is 5. The highest BCUT2D eigenvalue weighted by atomic mass is 32.2. The van der Waals surface area contributed by atoms with Crippen LogP contribution in [0.15, 0.2) is 47.5 Å². The van der Waals surface area contributed by atoms with Gasteiger partial charge in [0.2, 0.25) is 0 Å². The predicted molar refractivity (Wildman–Crippen MR) is 125 cm³/mol. The summed E-state index contributed by atoms with van der Waals surface area (Å²) in [6.07, 6.45) is 1.90. The first kappa shape index (κ1) is 24.1. The van der Waals surface area contributed by atoms with E-state index >= 15 is 0 Å². The van der Waals surface area contributed by atoms with Crippen LogP contribution >= 0.6 is 11.8 Å². The fraction of sp³-hybridized carbons (Fsp3) is 0.480. The van der Waals surface area contributed by atoms with Crippen molar-refractivity contribution >= 4 is 17.9 Å². The number of hydrogen-bond donors (Lipinski definition) is 0. The molecule has 1 amide bonds. The molecule has 0 saturated carbocycles. The Balaban J connectivity index is 1.92. The van der Waals surface area contributed by atoms with E-state index in [4.69, 9.17) is 9.47 Å². The zero-order valence-electron chi connectivity index (χ0n) is 19.6. The van der Waals surface area contributed by atoms with Crippen molar-refractivity contribution in [2.24, 2.45) is 0 Å². The number of nitrogens with zero attached hydrogens (tertiary/aromatic N) is 3. The van der Waals surface area contributed by atoms with Crippen LogP contribution in [-0.2, 0) is 9.47 Å². The third-order valence-corrected chi connectivity index (χ3v) is 6.56. The zero-order valence-corrected chi connectivity index (χ0v) is 20.4. The van der Waals surface area contributed by atoms with Crippen LogP contribution in [0.3, 0.4) is 0 Å². The maximum Gasteiger partial charge on any atom is 0.412 e. The number of amides is 1. The molecule has 1 aliphatic rings. The summed E-state index contributed by atoms with van der Waals surface area (Å²) < 4.78 is 11.7. The highest BCUT2D eigenvalue weighted by Crippen LogP contribution is 2.43. The number of pyridine rings is 1. The Morgan fingerprint density at radius 2 is 2.06 bits per heavy atom. The molecule has 170 valence electrons. The zero-order chi connectivity index (χ0) is 23.5. The monoisotopic (exact) mass is 453 g/mol. The molecular weight excluding hydrogens is 422 g/mol. The largest absolute Gasteiger partial charge is 0.444 e. The van der Waals surface area contributed by atoms with E-state index in [1.807, 2.05) is 65.8 Å². The van der Waals surface area contributed by atoms with E-state index in [-0.39, 0.29) is 17.4 Å². The van der Waals surface area contributed by atoms with E-state index in [9.17, 15) is 10.1 Å². The molecule has 0 bridgehead atoms. The molecule has 2 aromatic rings. The molecule has 32 heavy (non-hydrogen) atoms. The predicted octanol–water partition coefficient (Wildman–Crippen LogP) is 5.86. The van der Waals surface area contributed by atoms with Gasteiger partial charge in [-0.2, -0.15) is 5.26 Å². The third kappa shape index (κ3) is 5.81. The van der Waals surface area contributed by atoms with Crippen LogP contribution in [0.2, 0.25) is 0 Å². The van der Waals surface area contributed by atoms with Crippen molar-refractivity contribution in [2.75, 3.05) is 6.61 Å². The summed E-state index contributed by atoms with van der Waals surface area (Å²) in [4.78, 5) is 19.9. The Bertz CT molecular complexity index is 996. The number of aromatic nitrogens is 1. The van der Waals surface area contributed by atoms with Gasteiger partial charge in [-0.15, -0.1) is 11.8 Å². The van der Waals surface area contributed by atoms with Crippen LogP contribution in [0.4, 0.5) is 4.79 Å². The minimum Gasteiger partial charge on any atom is -0.444 e. The van der Waals surface area contributed by atoms with Gasteiger partial charge in [0.15, 0.2) is 0 Å². The lowest BCUT2D eigenvalue weighted by atomic mass is 10.0. The first-order valence-electron chi connectivity index (χ1n) is 10.7. The summed E-state index contributed by atoms with van der Waals surface area (Å²) in [5.74, 6) is 0. The topological polar surface area (TPSA) is 75.4 Å². The second kappa shape index (κ2) is 9.51. The first-order chi connectivity index (χ1) is 15.0. The van der Waals surface area contributed by atoms with Crippen LogP contribution in [0, 0.1) is 18.3 Å². The van der Waals surface area contributed by atoms with E-state index < -0.39 is 11.3 Å². The number of ether oxygens (including phenoxy) is 2. The van der Waals surface area contributed by atoms with Gasteiger partial charge < -0.3 is 9.47 Å². The van der Waals surface area contributed by atoms with Crippen molar-refractivity contribution in [3.05, 3.63) is 59.4 Å². The van der Waals surface area contributed by atoms with Gasteiger partial charge in [-0.3, -0.25) is 9.88 Å². The number of carbonyl (C=O) groups excluding carboxylic acids is 1. The molecule has 1 saturated heterocycles. The van der Waals surface area contributed by atoms with Gasteiger partial charge in [-0.1, -0.05) is 30.3 Å². The smallest absolute Gasteiger partial charge is 0.412 e. The number of nitriles is 1. The van der Waals surface area contributed by atoms with Gasteiger partial charge in [-0.25, -0.2) is 4.79 Å². The lowest BCUT2D eigenvalue weighted by Crippen LogP contribution is -2.50. The number of hydrogen-bond acceptors (Lipinski definition) is 6. The number of aryl methyl sites for hydroxylation is 1. The summed E-state index contributed by atoms with van der Waals surface area (Å²) in [5.41, 5.74) is 1.19. The standard InChI is InChI=1S/C25H31N3O3S/c1-17-12-21(19(14-26)15-27-17)32-22(18-10-8-7-9-11-18)13-20-16-30-25(5,6)28(20)23(29)31-24(2,3)4/h7-12,15,20,22H,13,16H2,1-6H3/t20-,22+/m0/s1. The lowest BCUT2D eigenvalue weighted by molar-refractivity contribution is -0.0626. The molecule has 0 aliphatic carbocycles. The molecule has 1 aromatic heterocycles. The molecule has 2 heterocycles. The van der Waals surface area contributed by atoms with Crippen molar-refractivity contribution in [3.8, 4) is 6.07 Å². The molecule has 0 unspecified atom stereocenters. The SMILES string of the molecule is Cc1cc(S[C@H](C[C@H]2COC(C)(C)N2C(=O)OC(C)(C)C)c2ccccc2)c(C#N)cn1. The van der Waals surface area contributed by atoms with E-state index in [0.717, 1.165) is 16.2 Å². The second-order valence-electron chi connectivity index (χ2n) is 9.45. The van der Waals surface area contributed by atoms with Gasteiger partial charge in [0.25, 0.3) is 0 Å². The maximum atomic E-state index is 13.1. The Morgan fingerprint density at radius 1 is 1.38 bits per heavy atom. The van der Waals surface area contributed by atoms with Crippen LogP contribution < -0.4 is 0 Å². The molecule has 0 radical (unpaired) electrons. The summed E-state index contributed by atoms with van der Waals surface area (Å²) in [6.45, 7) is 11.7. The van der Waals surface area contributed by atoms with Crippen molar-refractivity contribution in [3.63, 3.8) is 0 Å². The van der Waals surface area contributed by atoms with Crippen molar-refractivity contribution < 1.29 is 14.3 Å². The fourth-order valence-corrected chi connectivity index (χ4v) is 5.16. The van der Waals surface area contributed by atoms with Crippen LogP contribution in [0.25, 0.3) is 0 Å². The van der Waals surface area contributed by atoms with Crippen LogP contribution in [0.1, 0.15) is 63.1 Å². The molecule has 6 nitrogen and oxygen atoms in total. The van der Waals surface area contributed by atoms with Gasteiger partial charge in [0.1, 0.15) is 17.4 Å². The molecule has 1 aliphatic heterocycles. The maximum absolute atomic E-state index is 13.1. The summed E-state index contributed by atoms with van der Waals surface area (Å²) in [7, 11) is 0. The van der Waals surface area contributed by atoms with Crippen molar-refractivity contribution in [1.29, 1.82) is 5.26 Å². The molecule has 0 spiro atoms. The Hall–Kier alpha value is -2.56. The quantitative estimate of drug-likeness (QED) is 0.528. The van der Waals surface area contributed by atoms with Gasteiger partial charge in [-0.05, 0) is 59.6 Å². The Labute approximate surface area is 194 Å². The van der Waals surface area contributed by atoms with Crippen LogP contribution in [0.5, 0.6) is 0 Å². The fourth-order valence-electron chi connectivity index (χ4n) is 3.77. The summed E-state index contributed by atoms with van der Waals surface area (Å²) in [5, 5.41) is 9.59. The van der Waals surface area contributed by atoms with E-state index in [0.29, 0.717) is 18.6 Å². The lowest BCUT2D eigenvalue weighted by Gasteiger charge is -2.36. The molecule has 2 atom stereocenters. The normalized spacial score (nSPS) is 18.8. The molecular formula is C25H31N3O3S. The third-order valence-electron chi connectivity index (χ3n) is 5.21. The molecule has 0 N–H and O–H groups in total. The minimum atomic E-state index is -0.760. The Kier molecular flexibility index (Phi) is 7.16. The molecule has 1 aromatic carbocycles. The summed E-state index contributed by atoms with van der Waals surface area (Å²) in [6, 6.07) is 14.2. The van der Waals surface area contributed by atoms with Gasteiger partial charge in [0, 0.05) is 22.0 Å².